The van der Waals surface area contributed by atoms with Gasteiger partial charge < -0.3 is 5.32 Å². The molecule has 1 fully saturated rings. The van der Waals surface area contributed by atoms with Gasteiger partial charge in [0.1, 0.15) is 0 Å². The van der Waals surface area contributed by atoms with Crippen LogP contribution in [0.5, 0.6) is 0 Å². The zero-order chi connectivity index (χ0) is 17.9. The van der Waals surface area contributed by atoms with Crippen molar-refractivity contribution in [3.05, 3.63) is 29.8 Å². The number of benzene rings is 1. The number of imide groups is 1. The van der Waals surface area contributed by atoms with Gasteiger partial charge in [0.25, 0.3) is 0 Å². The molecule has 1 aromatic rings. The Morgan fingerprint density at radius 1 is 1.25 bits per heavy atom. The number of hydrogen-bond donors (Lipinski definition) is 2. The van der Waals surface area contributed by atoms with Crippen LogP contribution in [0, 0.1) is 0 Å². The molecular weight excluding hydrogens is 330 g/mol. The van der Waals surface area contributed by atoms with E-state index < -0.39 is 15.9 Å². The third-order valence-corrected chi connectivity index (χ3v) is 5.14. The van der Waals surface area contributed by atoms with Gasteiger partial charge in [0, 0.05) is 18.3 Å². The van der Waals surface area contributed by atoms with E-state index in [-0.39, 0.29) is 29.4 Å². The van der Waals surface area contributed by atoms with Gasteiger partial charge in [-0.05, 0) is 44.5 Å². The maximum absolute atomic E-state index is 11.9. The highest BCUT2D eigenvalue weighted by molar-refractivity contribution is 7.90. The molecule has 0 bridgehead atoms. The molecule has 2 N–H and O–H groups in total. The Bertz CT molecular complexity index is 711. The van der Waals surface area contributed by atoms with Gasteiger partial charge in [-0.3, -0.25) is 15.0 Å². The van der Waals surface area contributed by atoms with Crippen LogP contribution in [0.4, 0.5) is 4.79 Å². The lowest BCUT2D eigenvalue weighted by molar-refractivity contribution is -0.121. The number of carbonyl (C=O) groups is 2. The fraction of sp³-hybridized carbons (Fsp3) is 0.500. The molecule has 0 saturated heterocycles. The van der Waals surface area contributed by atoms with Gasteiger partial charge in [0.05, 0.1) is 11.4 Å². The summed E-state index contributed by atoms with van der Waals surface area (Å²) in [6.07, 6.45) is 3.08. The van der Waals surface area contributed by atoms with Gasteiger partial charge >= 0.3 is 6.03 Å². The first-order chi connectivity index (χ1) is 11.2. The van der Waals surface area contributed by atoms with E-state index in [0.717, 1.165) is 24.7 Å². The summed E-state index contributed by atoms with van der Waals surface area (Å²) in [5.41, 5.74) is 0.889. The van der Waals surface area contributed by atoms with Crippen LogP contribution in [-0.4, -0.2) is 51.1 Å². The van der Waals surface area contributed by atoms with Crippen molar-refractivity contribution in [2.45, 2.75) is 36.7 Å². The summed E-state index contributed by atoms with van der Waals surface area (Å²) in [5.74, 6) is -0.379. The molecule has 8 heteroatoms. The first-order valence-electron chi connectivity index (χ1n) is 7.77. The molecule has 1 saturated carbocycles. The van der Waals surface area contributed by atoms with Crippen LogP contribution in [0.2, 0.25) is 0 Å². The highest BCUT2D eigenvalue weighted by Crippen LogP contribution is 2.20. The second kappa shape index (κ2) is 7.31. The number of carbonyl (C=O) groups excluding carboxylic acids is 2. The summed E-state index contributed by atoms with van der Waals surface area (Å²) in [5, 5.41) is 5.00. The Balaban J connectivity index is 1.89. The maximum atomic E-state index is 11.9. The molecule has 132 valence electrons. The fourth-order valence-corrected chi connectivity index (χ4v) is 2.86. The summed E-state index contributed by atoms with van der Waals surface area (Å²) in [7, 11) is -1.45. The molecule has 1 atom stereocenters. The van der Waals surface area contributed by atoms with Crippen molar-refractivity contribution < 1.29 is 18.0 Å². The lowest BCUT2D eigenvalue weighted by atomic mass is 10.1. The molecule has 24 heavy (non-hydrogen) atoms. The molecular formula is C16H23N3O4S. The van der Waals surface area contributed by atoms with Crippen molar-refractivity contribution in [3.63, 3.8) is 0 Å². The quantitative estimate of drug-likeness (QED) is 0.798. The highest BCUT2D eigenvalue weighted by Gasteiger charge is 2.24. The van der Waals surface area contributed by atoms with Gasteiger partial charge in [-0.15, -0.1) is 0 Å². The minimum Gasteiger partial charge on any atom is -0.335 e. The van der Waals surface area contributed by atoms with E-state index in [9.17, 15) is 18.0 Å². The summed E-state index contributed by atoms with van der Waals surface area (Å²) < 4.78 is 23.0. The van der Waals surface area contributed by atoms with Gasteiger partial charge in [0.15, 0.2) is 9.84 Å². The topological polar surface area (TPSA) is 95.6 Å². The Morgan fingerprint density at radius 2 is 1.83 bits per heavy atom. The number of urea groups is 1. The van der Waals surface area contributed by atoms with E-state index in [0.29, 0.717) is 0 Å². The van der Waals surface area contributed by atoms with Crippen molar-refractivity contribution in [1.82, 2.24) is 15.5 Å². The second-order valence-electron chi connectivity index (χ2n) is 6.23. The number of likely N-dealkylation sites (N-methyl/N-ethyl adjacent to an activating group) is 1. The zero-order valence-electron chi connectivity index (χ0n) is 14.1. The van der Waals surface area contributed by atoms with Crippen LogP contribution in [-0.2, 0) is 14.6 Å². The summed E-state index contributed by atoms with van der Waals surface area (Å²) in [6.45, 7) is 1.97. The number of sulfone groups is 1. The molecule has 0 radical (unpaired) electrons. The van der Waals surface area contributed by atoms with Crippen LogP contribution in [0.15, 0.2) is 29.2 Å². The van der Waals surface area contributed by atoms with E-state index in [1.165, 1.54) is 0 Å². The van der Waals surface area contributed by atoms with Gasteiger partial charge in [0.2, 0.25) is 5.91 Å². The van der Waals surface area contributed by atoms with E-state index in [4.69, 9.17) is 0 Å². The van der Waals surface area contributed by atoms with Crippen LogP contribution in [0.3, 0.4) is 0 Å². The Morgan fingerprint density at radius 3 is 2.33 bits per heavy atom. The molecule has 1 aliphatic carbocycles. The maximum Gasteiger partial charge on any atom is 0.321 e. The SMILES string of the molecule is CC(c1ccc(S(C)(=O)=O)cc1)N(C)CC(=O)NC(=O)NC1CC1. The number of rotatable bonds is 6. The van der Waals surface area contributed by atoms with Gasteiger partial charge in [-0.1, -0.05) is 12.1 Å². The van der Waals surface area contributed by atoms with E-state index in [1.54, 1.807) is 36.2 Å². The average Bonchev–Trinajstić information content (AvgIpc) is 3.29. The molecule has 0 aromatic heterocycles. The third kappa shape index (κ3) is 5.31. The molecule has 0 spiro atoms. The van der Waals surface area contributed by atoms with Crippen LogP contribution in [0.25, 0.3) is 0 Å². The van der Waals surface area contributed by atoms with Crippen molar-refractivity contribution in [2.24, 2.45) is 0 Å². The van der Waals surface area contributed by atoms with Crippen molar-refractivity contribution in [3.8, 4) is 0 Å². The molecule has 2 rings (SSSR count). The predicted molar refractivity (Wildman–Crippen MR) is 90.3 cm³/mol. The Kier molecular flexibility index (Phi) is 5.61. The third-order valence-electron chi connectivity index (χ3n) is 4.01. The summed E-state index contributed by atoms with van der Waals surface area (Å²) in [6, 6.07) is 6.21. The molecule has 0 aliphatic heterocycles. The van der Waals surface area contributed by atoms with Crippen molar-refractivity contribution in [2.75, 3.05) is 19.8 Å². The molecule has 0 heterocycles. The lowest BCUT2D eigenvalue weighted by Crippen LogP contribution is -2.44. The average molecular weight is 353 g/mol. The first-order valence-corrected chi connectivity index (χ1v) is 9.66. The second-order valence-corrected chi connectivity index (χ2v) is 8.24. The van der Waals surface area contributed by atoms with E-state index in [2.05, 4.69) is 10.6 Å². The van der Waals surface area contributed by atoms with E-state index >= 15 is 0 Å². The largest absolute Gasteiger partial charge is 0.335 e. The molecule has 3 amide bonds. The fourth-order valence-electron chi connectivity index (χ4n) is 2.23. The van der Waals surface area contributed by atoms with E-state index in [1.807, 2.05) is 6.92 Å². The zero-order valence-corrected chi connectivity index (χ0v) is 14.9. The molecule has 1 aromatic carbocycles. The summed E-state index contributed by atoms with van der Waals surface area (Å²) in [4.78, 5) is 25.5. The Hall–Kier alpha value is -1.93. The monoisotopic (exact) mass is 353 g/mol. The number of nitrogens with zero attached hydrogens (tertiary/aromatic N) is 1. The lowest BCUT2D eigenvalue weighted by Gasteiger charge is -2.24. The predicted octanol–water partition coefficient (Wildman–Crippen LogP) is 1.07. The first kappa shape index (κ1) is 18.4. The number of nitrogens with one attached hydrogen (secondary N) is 2. The summed E-state index contributed by atoms with van der Waals surface area (Å²) >= 11 is 0. The van der Waals surface area contributed by atoms with Gasteiger partial charge in [-0.25, -0.2) is 13.2 Å². The molecule has 7 nitrogen and oxygen atoms in total. The number of amides is 3. The van der Waals surface area contributed by atoms with Crippen LogP contribution < -0.4 is 10.6 Å². The standard InChI is InChI=1S/C16H23N3O4S/c1-11(12-4-8-14(9-5-12)24(3,22)23)19(2)10-15(20)18-16(21)17-13-6-7-13/h4-5,8-9,11,13H,6-7,10H2,1-3H3,(H2,17,18,20,21). The normalized spacial score (nSPS) is 15.8. The van der Waals surface area contributed by atoms with Gasteiger partial charge in [-0.2, -0.15) is 0 Å². The molecule has 1 unspecified atom stereocenters. The van der Waals surface area contributed by atoms with Crippen molar-refractivity contribution in [1.29, 1.82) is 0 Å². The van der Waals surface area contributed by atoms with Crippen LogP contribution in [0.1, 0.15) is 31.4 Å². The highest BCUT2D eigenvalue weighted by atomic mass is 32.2. The van der Waals surface area contributed by atoms with Crippen molar-refractivity contribution >= 4 is 21.8 Å². The number of hydrogen-bond acceptors (Lipinski definition) is 5. The van der Waals surface area contributed by atoms with Crippen LogP contribution >= 0.6 is 0 Å². The Labute approximate surface area is 142 Å². The molecule has 1 aliphatic rings. The smallest absolute Gasteiger partial charge is 0.321 e. The minimum atomic E-state index is -3.23. The minimum absolute atomic E-state index is 0.0626.